The maximum absolute atomic E-state index is 2.53. The first-order chi connectivity index (χ1) is 16.3. The normalized spacial score (nSPS) is 18.7. The van der Waals surface area contributed by atoms with Crippen molar-refractivity contribution in [2.45, 2.75) is 29.0 Å². The summed E-state index contributed by atoms with van der Waals surface area (Å²) in [7, 11) is 0. The lowest BCUT2D eigenvalue weighted by atomic mass is 10.1. The Balaban J connectivity index is 1.30. The van der Waals surface area contributed by atoms with Crippen molar-refractivity contribution in [2.24, 2.45) is 0 Å². The molecule has 1 atom stereocenters. The van der Waals surface area contributed by atoms with Crippen LogP contribution in [-0.2, 0) is 0 Å². The summed E-state index contributed by atoms with van der Waals surface area (Å²) in [5, 5.41) is 6.92. The molecule has 2 aliphatic heterocycles. The third-order valence-corrected chi connectivity index (χ3v) is 8.84. The Labute approximate surface area is 204 Å². The van der Waals surface area contributed by atoms with E-state index in [4.69, 9.17) is 0 Å². The molecule has 6 rings (SSSR count). The predicted molar refractivity (Wildman–Crippen MR) is 147 cm³/mol. The van der Waals surface area contributed by atoms with E-state index in [1.807, 2.05) is 23.5 Å². The molecule has 0 saturated carbocycles. The highest BCUT2D eigenvalue weighted by atomic mass is 32.2. The van der Waals surface area contributed by atoms with Gasteiger partial charge in [0.1, 0.15) is 0 Å². The zero-order chi connectivity index (χ0) is 22.4. The van der Waals surface area contributed by atoms with Crippen LogP contribution in [0.1, 0.15) is 13.8 Å². The topological polar surface area (TPSA) is 6.48 Å². The summed E-state index contributed by atoms with van der Waals surface area (Å²) < 4.78 is 0. The molecule has 1 unspecified atom stereocenters. The minimum atomic E-state index is 0.317. The maximum Gasteiger partial charge on any atom is 0.0985 e. The lowest BCUT2D eigenvalue weighted by Gasteiger charge is -2.23. The Morgan fingerprint density at radius 3 is 2.12 bits per heavy atom. The number of benzene rings is 4. The molecule has 0 radical (unpaired) electrons. The maximum atomic E-state index is 2.53. The van der Waals surface area contributed by atoms with E-state index in [1.165, 1.54) is 47.7 Å². The number of allylic oxidation sites excluding steroid dienone is 2. The Morgan fingerprint density at radius 1 is 0.758 bits per heavy atom. The van der Waals surface area contributed by atoms with Crippen molar-refractivity contribution in [3.8, 4) is 0 Å². The van der Waals surface area contributed by atoms with Crippen molar-refractivity contribution in [3.63, 3.8) is 0 Å². The first kappa shape index (κ1) is 20.8. The molecule has 2 aliphatic rings. The molecule has 0 saturated heterocycles. The van der Waals surface area contributed by atoms with Crippen LogP contribution in [0.4, 0.5) is 11.4 Å². The van der Waals surface area contributed by atoms with Crippen LogP contribution in [0.5, 0.6) is 0 Å². The molecule has 2 heterocycles. The van der Waals surface area contributed by atoms with Crippen molar-refractivity contribution in [1.29, 1.82) is 0 Å². The number of fused-ring (bicyclic) bond motifs is 6. The molecule has 4 aromatic rings. The predicted octanol–water partition coefficient (Wildman–Crippen LogP) is 8.28. The Morgan fingerprint density at radius 2 is 1.42 bits per heavy atom. The van der Waals surface area contributed by atoms with Gasteiger partial charge >= 0.3 is 0 Å². The van der Waals surface area contributed by atoms with Crippen LogP contribution < -0.4 is 9.80 Å². The molecule has 164 valence electrons. The van der Waals surface area contributed by atoms with E-state index in [0.29, 0.717) is 5.37 Å². The van der Waals surface area contributed by atoms with E-state index in [-0.39, 0.29) is 0 Å². The minimum absolute atomic E-state index is 0.317. The van der Waals surface area contributed by atoms with E-state index in [0.717, 1.165) is 13.1 Å². The first-order valence-electron chi connectivity index (χ1n) is 11.6. The number of likely N-dealkylation sites (N-methyl/N-ethyl adjacent to an activating group) is 1. The van der Waals surface area contributed by atoms with E-state index < -0.39 is 0 Å². The van der Waals surface area contributed by atoms with Crippen LogP contribution in [-0.4, -0.2) is 18.5 Å². The number of nitrogens with zero attached hydrogens (tertiary/aromatic N) is 2. The lowest BCUT2D eigenvalue weighted by Crippen LogP contribution is -2.27. The largest absolute Gasteiger partial charge is 0.355 e. The third-order valence-electron chi connectivity index (χ3n) is 6.49. The quantitative estimate of drug-likeness (QED) is 0.298. The first-order valence-corrected chi connectivity index (χ1v) is 13.3. The Hall–Kier alpha value is -2.82. The number of thioether (sulfide) groups is 2. The zero-order valence-corrected chi connectivity index (χ0v) is 20.5. The van der Waals surface area contributed by atoms with Crippen LogP contribution in [0.2, 0.25) is 0 Å². The van der Waals surface area contributed by atoms with E-state index in [9.17, 15) is 0 Å². The number of hydrogen-bond acceptors (Lipinski definition) is 4. The van der Waals surface area contributed by atoms with E-state index in [2.05, 4.69) is 115 Å². The van der Waals surface area contributed by atoms with Gasteiger partial charge in [-0.2, -0.15) is 0 Å². The molecule has 4 heteroatoms. The second-order valence-corrected chi connectivity index (χ2v) is 10.5. The number of anilines is 2. The third kappa shape index (κ3) is 3.44. The Bertz CT molecular complexity index is 1420. The second kappa shape index (κ2) is 8.51. The van der Waals surface area contributed by atoms with Gasteiger partial charge in [0.2, 0.25) is 0 Å². The highest BCUT2D eigenvalue weighted by molar-refractivity contribution is 8.03. The second-order valence-electron chi connectivity index (χ2n) is 8.30. The lowest BCUT2D eigenvalue weighted by molar-refractivity contribution is 0.882. The number of rotatable bonds is 4. The highest BCUT2D eigenvalue weighted by Crippen LogP contribution is 2.50. The molecule has 0 amide bonds. The van der Waals surface area contributed by atoms with Crippen LogP contribution in [0.25, 0.3) is 21.5 Å². The van der Waals surface area contributed by atoms with Gasteiger partial charge in [-0.25, -0.2) is 0 Å². The van der Waals surface area contributed by atoms with Crippen molar-refractivity contribution in [1.82, 2.24) is 0 Å². The molecular weight excluding hydrogens is 440 g/mol. The smallest absolute Gasteiger partial charge is 0.0985 e. The summed E-state index contributed by atoms with van der Waals surface area (Å²) in [5.41, 5.74) is 2.73. The van der Waals surface area contributed by atoms with E-state index in [1.54, 1.807) is 0 Å². The van der Waals surface area contributed by atoms with Gasteiger partial charge in [-0.05, 0) is 42.8 Å². The molecular formula is C29H26N2S2. The summed E-state index contributed by atoms with van der Waals surface area (Å²) in [5.74, 6) is 0. The molecule has 2 nitrogen and oxygen atoms in total. The average Bonchev–Trinajstić information content (AvgIpc) is 3.41. The summed E-state index contributed by atoms with van der Waals surface area (Å²) in [6, 6.07) is 26.5. The molecule has 4 aromatic carbocycles. The van der Waals surface area contributed by atoms with Crippen LogP contribution >= 0.6 is 23.5 Å². The molecule has 0 spiro atoms. The minimum Gasteiger partial charge on any atom is -0.355 e. The fourth-order valence-corrected chi connectivity index (χ4v) is 7.43. The fourth-order valence-electron chi connectivity index (χ4n) is 4.97. The van der Waals surface area contributed by atoms with Gasteiger partial charge < -0.3 is 9.80 Å². The summed E-state index contributed by atoms with van der Waals surface area (Å²) >= 11 is 3.83. The molecule has 0 bridgehead atoms. The average molecular weight is 467 g/mol. The van der Waals surface area contributed by atoms with Gasteiger partial charge in [-0.1, -0.05) is 96.3 Å². The fraction of sp³-hybridized carbons (Fsp3) is 0.172. The van der Waals surface area contributed by atoms with Gasteiger partial charge in [-0.3, -0.25) is 0 Å². The molecule has 0 fully saturated rings. The van der Waals surface area contributed by atoms with Gasteiger partial charge in [-0.15, -0.1) is 0 Å². The van der Waals surface area contributed by atoms with Gasteiger partial charge in [0.25, 0.3) is 0 Å². The van der Waals surface area contributed by atoms with E-state index >= 15 is 0 Å². The molecule has 33 heavy (non-hydrogen) atoms. The summed E-state index contributed by atoms with van der Waals surface area (Å²) in [4.78, 5) is 7.70. The SMILES string of the molecule is CCN1C(=CC=CC2Sc3ccc4ccccc4c3N2CC)Sc2ccc3ccccc3c21. The molecule has 0 aromatic heterocycles. The van der Waals surface area contributed by atoms with Crippen molar-refractivity contribution in [2.75, 3.05) is 22.9 Å². The molecule has 0 aliphatic carbocycles. The van der Waals surface area contributed by atoms with Crippen LogP contribution in [0.15, 0.2) is 106 Å². The highest BCUT2D eigenvalue weighted by Gasteiger charge is 2.29. The summed E-state index contributed by atoms with van der Waals surface area (Å²) in [6.07, 6.45) is 6.90. The van der Waals surface area contributed by atoms with Gasteiger partial charge in [0, 0.05) is 33.7 Å². The zero-order valence-electron chi connectivity index (χ0n) is 18.9. The molecule has 0 N–H and O–H groups in total. The van der Waals surface area contributed by atoms with Crippen LogP contribution in [0.3, 0.4) is 0 Å². The van der Waals surface area contributed by atoms with Gasteiger partial charge in [0.05, 0.1) is 21.8 Å². The van der Waals surface area contributed by atoms with Crippen molar-refractivity contribution < 1.29 is 0 Å². The van der Waals surface area contributed by atoms with Gasteiger partial charge in [0.15, 0.2) is 0 Å². The van der Waals surface area contributed by atoms with Crippen molar-refractivity contribution >= 4 is 56.4 Å². The standard InChI is InChI=1S/C29H26N2S2/c1-3-30-26(32-24-18-16-20-10-5-7-12-22(20)28(24)30)14-9-15-27-31(4-2)29-23-13-8-6-11-21(23)17-19-25(29)33-27/h5-19,26H,3-4H2,1-2H3. The van der Waals surface area contributed by atoms with Crippen LogP contribution in [0, 0.1) is 0 Å². The monoisotopic (exact) mass is 466 g/mol. The van der Waals surface area contributed by atoms with Crippen molar-refractivity contribution in [3.05, 3.63) is 96.1 Å². The number of hydrogen-bond donors (Lipinski definition) is 0. The Kier molecular flexibility index (Phi) is 5.35. The summed E-state index contributed by atoms with van der Waals surface area (Å²) in [6.45, 7) is 6.45.